The third-order valence-electron chi connectivity index (χ3n) is 5.76. The standard InChI is InChI=1S/C24H32N2O2/c1-4-6-7-23(27)28-21-11-9-19(10-12-21)24-25-16-20-15-18(14-17(3)5-2)8-13-22(20)26-24/h9-12,16-18H,4-8,13-15H2,1-3H3. The number of rotatable bonds is 8. The Balaban J connectivity index is 1.64. The predicted molar refractivity (Wildman–Crippen MR) is 112 cm³/mol. The van der Waals surface area contributed by atoms with Crippen molar-refractivity contribution in [2.45, 2.75) is 72.1 Å². The molecule has 1 aliphatic carbocycles. The lowest BCUT2D eigenvalue weighted by molar-refractivity contribution is -0.134. The van der Waals surface area contributed by atoms with Gasteiger partial charge < -0.3 is 4.74 Å². The first-order chi connectivity index (χ1) is 13.6. The third-order valence-corrected chi connectivity index (χ3v) is 5.76. The van der Waals surface area contributed by atoms with Crippen LogP contribution in [0, 0.1) is 11.8 Å². The minimum atomic E-state index is -0.174. The molecule has 1 aromatic heterocycles. The zero-order chi connectivity index (χ0) is 19.9. The van der Waals surface area contributed by atoms with Crippen LogP contribution in [0.2, 0.25) is 0 Å². The molecule has 0 saturated heterocycles. The Bertz CT molecular complexity index is 786. The fourth-order valence-electron chi connectivity index (χ4n) is 3.83. The molecule has 150 valence electrons. The van der Waals surface area contributed by atoms with E-state index in [0.717, 1.165) is 48.9 Å². The lowest BCUT2D eigenvalue weighted by Crippen LogP contribution is -2.18. The number of esters is 1. The highest BCUT2D eigenvalue weighted by Gasteiger charge is 2.22. The zero-order valence-electron chi connectivity index (χ0n) is 17.4. The molecule has 2 unspecified atom stereocenters. The Hall–Kier alpha value is -2.23. The summed E-state index contributed by atoms with van der Waals surface area (Å²) in [4.78, 5) is 21.2. The SMILES string of the molecule is CCCCC(=O)Oc1ccc(-c2ncc3c(n2)CCC(CC(C)CC)C3)cc1. The molecule has 1 aromatic carbocycles. The van der Waals surface area contributed by atoms with Gasteiger partial charge in [0.1, 0.15) is 5.75 Å². The maximum Gasteiger partial charge on any atom is 0.311 e. The van der Waals surface area contributed by atoms with Crippen molar-refractivity contribution in [1.29, 1.82) is 0 Å². The lowest BCUT2D eigenvalue weighted by Gasteiger charge is -2.26. The molecule has 4 nitrogen and oxygen atoms in total. The van der Waals surface area contributed by atoms with E-state index in [1.165, 1.54) is 30.5 Å². The van der Waals surface area contributed by atoms with Crippen LogP contribution < -0.4 is 4.74 Å². The van der Waals surface area contributed by atoms with E-state index >= 15 is 0 Å². The van der Waals surface area contributed by atoms with Gasteiger partial charge in [0, 0.05) is 23.9 Å². The molecule has 1 heterocycles. The Morgan fingerprint density at radius 2 is 2.04 bits per heavy atom. The number of hydrogen-bond donors (Lipinski definition) is 0. The monoisotopic (exact) mass is 380 g/mol. The van der Waals surface area contributed by atoms with Crippen molar-refractivity contribution >= 4 is 5.97 Å². The number of carbonyl (C=O) groups excluding carboxylic acids is 1. The van der Waals surface area contributed by atoms with Gasteiger partial charge in [0.15, 0.2) is 5.82 Å². The minimum absolute atomic E-state index is 0.174. The number of nitrogens with zero attached hydrogens (tertiary/aromatic N) is 2. The molecule has 28 heavy (non-hydrogen) atoms. The first-order valence-corrected chi connectivity index (χ1v) is 10.7. The van der Waals surface area contributed by atoms with E-state index in [1.54, 1.807) is 0 Å². The second kappa shape index (κ2) is 9.81. The number of benzene rings is 1. The molecule has 0 aliphatic heterocycles. The van der Waals surface area contributed by atoms with Gasteiger partial charge in [-0.05, 0) is 73.8 Å². The van der Waals surface area contributed by atoms with Crippen molar-refractivity contribution < 1.29 is 9.53 Å². The summed E-state index contributed by atoms with van der Waals surface area (Å²) in [7, 11) is 0. The Labute approximate surface area is 168 Å². The number of carbonyl (C=O) groups is 1. The number of ether oxygens (including phenoxy) is 1. The third kappa shape index (κ3) is 5.40. The van der Waals surface area contributed by atoms with Crippen molar-refractivity contribution in [2.75, 3.05) is 0 Å². The van der Waals surface area contributed by atoms with Crippen molar-refractivity contribution in [3.63, 3.8) is 0 Å². The van der Waals surface area contributed by atoms with Gasteiger partial charge in [-0.25, -0.2) is 9.97 Å². The molecule has 2 aromatic rings. The molecular weight excluding hydrogens is 348 g/mol. The predicted octanol–water partition coefficient (Wildman–Crippen LogP) is 5.78. The summed E-state index contributed by atoms with van der Waals surface area (Å²) in [6, 6.07) is 7.51. The summed E-state index contributed by atoms with van der Waals surface area (Å²) in [5, 5.41) is 0. The molecule has 0 radical (unpaired) electrons. The summed E-state index contributed by atoms with van der Waals surface area (Å²) < 4.78 is 5.37. The first-order valence-electron chi connectivity index (χ1n) is 10.7. The van der Waals surface area contributed by atoms with Gasteiger partial charge in [-0.15, -0.1) is 0 Å². The largest absolute Gasteiger partial charge is 0.427 e. The average Bonchev–Trinajstić information content (AvgIpc) is 2.72. The maximum absolute atomic E-state index is 11.8. The molecule has 0 fully saturated rings. The number of unbranched alkanes of at least 4 members (excludes halogenated alkanes) is 1. The van der Waals surface area contributed by atoms with Crippen molar-refractivity contribution in [3.05, 3.63) is 41.7 Å². The van der Waals surface area contributed by atoms with Gasteiger partial charge in [0.2, 0.25) is 0 Å². The highest BCUT2D eigenvalue weighted by Crippen LogP contribution is 2.30. The molecule has 2 atom stereocenters. The normalized spacial score (nSPS) is 17.0. The first kappa shape index (κ1) is 20.5. The lowest BCUT2D eigenvalue weighted by atomic mass is 9.81. The quantitative estimate of drug-likeness (QED) is 0.430. The molecular formula is C24H32N2O2. The van der Waals surface area contributed by atoms with Gasteiger partial charge in [-0.1, -0.05) is 33.6 Å². The van der Waals surface area contributed by atoms with Crippen molar-refractivity contribution in [3.8, 4) is 17.1 Å². The highest BCUT2D eigenvalue weighted by atomic mass is 16.5. The van der Waals surface area contributed by atoms with Gasteiger partial charge >= 0.3 is 5.97 Å². The van der Waals surface area contributed by atoms with Crippen LogP contribution in [0.1, 0.15) is 70.6 Å². The molecule has 0 N–H and O–H groups in total. The van der Waals surface area contributed by atoms with Crippen LogP contribution in [-0.2, 0) is 17.6 Å². The van der Waals surface area contributed by atoms with Crippen LogP contribution >= 0.6 is 0 Å². The topological polar surface area (TPSA) is 52.1 Å². The van der Waals surface area contributed by atoms with E-state index in [-0.39, 0.29) is 5.97 Å². The van der Waals surface area contributed by atoms with E-state index < -0.39 is 0 Å². The van der Waals surface area contributed by atoms with Crippen molar-refractivity contribution in [2.24, 2.45) is 11.8 Å². The fraction of sp³-hybridized carbons (Fsp3) is 0.542. The number of hydrogen-bond acceptors (Lipinski definition) is 4. The average molecular weight is 381 g/mol. The molecule has 0 spiro atoms. The smallest absolute Gasteiger partial charge is 0.311 e. The fourth-order valence-corrected chi connectivity index (χ4v) is 3.83. The molecule has 0 saturated carbocycles. The summed E-state index contributed by atoms with van der Waals surface area (Å²) in [6.45, 7) is 6.68. The number of aryl methyl sites for hydroxylation is 1. The second-order valence-corrected chi connectivity index (χ2v) is 8.13. The molecule has 0 bridgehead atoms. The van der Waals surface area contributed by atoms with Gasteiger partial charge in [-0.2, -0.15) is 0 Å². The van der Waals surface area contributed by atoms with E-state index in [2.05, 4.69) is 25.8 Å². The minimum Gasteiger partial charge on any atom is -0.427 e. The molecule has 0 amide bonds. The van der Waals surface area contributed by atoms with E-state index in [4.69, 9.17) is 9.72 Å². The molecule has 4 heteroatoms. The van der Waals surface area contributed by atoms with Crippen LogP contribution in [0.15, 0.2) is 30.5 Å². The van der Waals surface area contributed by atoms with E-state index in [0.29, 0.717) is 12.2 Å². The van der Waals surface area contributed by atoms with Crippen LogP contribution in [-0.4, -0.2) is 15.9 Å². The summed E-state index contributed by atoms with van der Waals surface area (Å²) in [5.41, 5.74) is 3.46. The number of fused-ring (bicyclic) bond motifs is 1. The summed E-state index contributed by atoms with van der Waals surface area (Å²) in [6.07, 6.45) is 10.2. The Morgan fingerprint density at radius 1 is 1.25 bits per heavy atom. The Kier molecular flexibility index (Phi) is 7.18. The summed E-state index contributed by atoms with van der Waals surface area (Å²) >= 11 is 0. The van der Waals surface area contributed by atoms with E-state index in [1.807, 2.05) is 30.5 Å². The summed E-state index contributed by atoms with van der Waals surface area (Å²) in [5.74, 6) is 2.71. The van der Waals surface area contributed by atoms with Crippen LogP contribution in [0.3, 0.4) is 0 Å². The van der Waals surface area contributed by atoms with Gasteiger partial charge in [0.25, 0.3) is 0 Å². The highest BCUT2D eigenvalue weighted by molar-refractivity contribution is 5.72. The van der Waals surface area contributed by atoms with Crippen LogP contribution in [0.5, 0.6) is 5.75 Å². The zero-order valence-corrected chi connectivity index (χ0v) is 17.4. The maximum atomic E-state index is 11.8. The Morgan fingerprint density at radius 3 is 2.75 bits per heavy atom. The van der Waals surface area contributed by atoms with Crippen molar-refractivity contribution in [1.82, 2.24) is 9.97 Å². The second-order valence-electron chi connectivity index (χ2n) is 8.13. The van der Waals surface area contributed by atoms with Crippen LogP contribution in [0.4, 0.5) is 0 Å². The molecule has 3 rings (SSSR count). The van der Waals surface area contributed by atoms with E-state index in [9.17, 15) is 4.79 Å². The number of aromatic nitrogens is 2. The van der Waals surface area contributed by atoms with Gasteiger partial charge in [0.05, 0.1) is 0 Å². The van der Waals surface area contributed by atoms with Gasteiger partial charge in [-0.3, -0.25) is 4.79 Å². The molecule has 1 aliphatic rings. The van der Waals surface area contributed by atoms with Crippen LogP contribution in [0.25, 0.3) is 11.4 Å².